The number of aromatic amines is 1. The molecule has 0 bridgehead atoms. The number of carbonyl (C=O) groups is 1. The minimum Gasteiger partial charge on any atom is -0.334 e. The van der Waals surface area contributed by atoms with E-state index in [2.05, 4.69) is 25.5 Å². The molecule has 1 aliphatic rings. The van der Waals surface area contributed by atoms with E-state index in [4.69, 9.17) is 0 Å². The second-order valence-electron chi connectivity index (χ2n) is 5.83. The van der Waals surface area contributed by atoms with Gasteiger partial charge in [-0.15, -0.1) is 5.10 Å². The number of hydrogen-bond acceptors (Lipinski definition) is 5. The molecule has 1 atom stereocenters. The van der Waals surface area contributed by atoms with Gasteiger partial charge in [-0.1, -0.05) is 17.3 Å². The van der Waals surface area contributed by atoms with Crippen molar-refractivity contribution in [3.8, 4) is 11.4 Å². The third-order valence-electron chi connectivity index (χ3n) is 4.33. The van der Waals surface area contributed by atoms with E-state index in [0.29, 0.717) is 17.9 Å². The Bertz CT molecular complexity index is 796. The van der Waals surface area contributed by atoms with Crippen LogP contribution in [-0.2, 0) is 6.54 Å². The van der Waals surface area contributed by atoms with Gasteiger partial charge < -0.3 is 4.90 Å². The summed E-state index contributed by atoms with van der Waals surface area (Å²) in [6.07, 6.45) is 6.95. The van der Waals surface area contributed by atoms with Crippen molar-refractivity contribution in [3.63, 3.8) is 0 Å². The van der Waals surface area contributed by atoms with Crippen molar-refractivity contribution in [2.45, 2.75) is 25.4 Å². The van der Waals surface area contributed by atoms with Crippen LogP contribution in [0.25, 0.3) is 11.4 Å². The Labute approximate surface area is 138 Å². The minimum absolute atomic E-state index is 0.0572. The molecule has 4 rings (SSSR count). The average molecular weight is 323 g/mol. The van der Waals surface area contributed by atoms with Crippen LogP contribution in [0.1, 0.15) is 23.2 Å². The summed E-state index contributed by atoms with van der Waals surface area (Å²) in [5, 5.41) is 14.5. The fourth-order valence-corrected chi connectivity index (χ4v) is 3.12. The van der Waals surface area contributed by atoms with Crippen LogP contribution in [0.3, 0.4) is 0 Å². The molecule has 8 heteroatoms. The largest absolute Gasteiger partial charge is 0.334 e. The number of nitrogens with zero attached hydrogens (tertiary/aromatic N) is 6. The zero-order chi connectivity index (χ0) is 16.4. The topological polar surface area (TPSA) is 92.6 Å². The molecule has 8 nitrogen and oxygen atoms in total. The molecular weight excluding hydrogens is 306 g/mol. The van der Waals surface area contributed by atoms with Gasteiger partial charge in [-0.2, -0.15) is 5.10 Å². The van der Waals surface area contributed by atoms with E-state index in [-0.39, 0.29) is 11.9 Å². The van der Waals surface area contributed by atoms with E-state index in [9.17, 15) is 4.79 Å². The molecule has 122 valence electrons. The molecule has 3 aromatic rings. The van der Waals surface area contributed by atoms with Gasteiger partial charge in [-0.05, 0) is 25.0 Å². The number of aromatic nitrogens is 6. The average Bonchev–Trinajstić information content (AvgIpc) is 3.37. The molecule has 24 heavy (non-hydrogen) atoms. The quantitative estimate of drug-likeness (QED) is 0.783. The predicted octanol–water partition coefficient (Wildman–Crippen LogP) is 1.37. The maximum absolute atomic E-state index is 12.8. The van der Waals surface area contributed by atoms with Gasteiger partial charge in [-0.3, -0.25) is 14.6 Å². The smallest absolute Gasteiger partial charge is 0.254 e. The summed E-state index contributed by atoms with van der Waals surface area (Å²) < 4.78 is 1.78. The van der Waals surface area contributed by atoms with Crippen molar-refractivity contribution < 1.29 is 4.79 Å². The molecule has 1 saturated heterocycles. The van der Waals surface area contributed by atoms with E-state index in [0.717, 1.165) is 24.9 Å². The molecule has 0 radical (unpaired) electrons. The van der Waals surface area contributed by atoms with Crippen LogP contribution in [0.4, 0.5) is 0 Å². The Morgan fingerprint density at radius 1 is 1.29 bits per heavy atom. The van der Waals surface area contributed by atoms with Crippen LogP contribution in [0, 0.1) is 0 Å². The van der Waals surface area contributed by atoms with Crippen molar-refractivity contribution >= 4 is 5.91 Å². The van der Waals surface area contributed by atoms with Crippen molar-refractivity contribution in [2.24, 2.45) is 0 Å². The van der Waals surface area contributed by atoms with E-state index < -0.39 is 0 Å². The van der Waals surface area contributed by atoms with Crippen LogP contribution >= 0.6 is 0 Å². The lowest BCUT2D eigenvalue weighted by molar-refractivity contribution is 0.0721. The predicted molar refractivity (Wildman–Crippen MR) is 85.9 cm³/mol. The summed E-state index contributed by atoms with van der Waals surface area (Å²) in [6, 6.07) is 7.61. The zero-order valence-corrected chi connectivity index (χ0v) is 13.0. The van der Waals surface area contributed by atoms with Gasteiger partial charge in [0, 0.05) is 23.9 Å². The molecule has 0 spiro atoms. The minimum atomic E-state index is 0.0572. The zero-order valence-electron chi connectivity index (χ0n) is 13.0. The number of likely N-dealkylation sites (tertiary alicyclic amines) is 1. The molecular formula is C16H17N7O. The first kappa shape index (κ1) is 14.6. The van der Waals surface area contributed by atoms with Crippen LogP contribution in [0.15, 0.2) is 43.0 Å². The third kappa shape index (κ3) is 2.78. The molecule has 1 aromatic carbocycles. The Morgan fingerprint density at radius 2 is 2.17 bits per heavy atom. The molecule has 0 saturated carbocycles. The summed E-state index contributed by atoms with van der Waals surface area (Å²) in [5.41, 5.74) is 1.59. The normalized spacial score (nSPS) is 17.3. The summed E-state index contributed by atoms with van der Waals surface area (Å²) in [4.78, 5) is 18.9. The Morgan fingerprint density at radius 3 is 2.88 bits per heavy atom. The molecule has 1 unspecified atom stereocenters. The monoisotopic (exact) mass is 323 g/mol. The highest BCUT2D eigenvalue weighted by atomic mass is 16.2. The first-order valence-corrected chi connectivity index (χ1v) is 7.92. The number of carbonyl (C=O) groups excluding carboxylic acids is 1. The van der Waals surface area contributed by atoms with Crippen molar-refractivity contribution in [2.75, 3.05) is 6.54 Å². The lowest BCUT2D eigenvalue weighted by Gasteiger charge is -2.24. The highest BCUT2D eigenvalue weighted by Gasteiger charge is 2.29. The summed E-state index contributed by atoms with van der Waals surface area (Å²) in [6.45, 7) is 1.46. The highest BCUT2D eigenvalue weighted by Crippen LogP contribution is 2.22. The number of rotatable bonds is 4. The molecule has 0 aliphatic carbocycles. The fourth-order valence-electron chi connectivity index (χ4n) is 3.12. The van der Waals surface area contributed by atoms with Crippen molar-refractivity contribution in [1.29, 1.82) is 0 Å². The standard InChI is InChI=1S/C16H17N7O/c24-16(13-5-3-12(4-6-13)15-17-11-19-20-15)23-8-1-2-14(23)10-22-9-7-18-21-22/h3-7,9,11,14H,1-2,8,10H2,(H,17,19,20). The second-order valence-corrected chi connectivity index (χ2v) is 5.83. The van der Waals surface area contributed by atoms with E-state index in [1.54, 1.807) is 10.9 Å². The Balaban J connectivity index is 1.50. The maximum Gasteiger partial charge on any atom is 0.254 e. The van der Waals surface area contributed by atoms with Crippen molar-refractivity contribution in [3.05, 3.63) is 48.5 Å². The van der Waals surface area contributed by atoms with Gasteiger partial charge in [0.25, 0.3) is 5.91 Å². The van der Waals surface area contributed by atoms with E-state index in [1.807, 2.05) is 35.4 Å². The SMILES string of the molecule is O=C(c1ccc(-c2ncn[nH]2)cc1)N1CCCC1Cn1ccnn1. The third-order valence-corrected chi connectivity index (χ3v) is 4.33. The van der Waals surface area contributed by atoms with E-state index in [1.165, 1.54) is 6.33 Å². The highest BCUT2D eigenvalue weighted by molar-refractivity contribution is 5.95. The lowest BCUT2D eigenvalue weighted by Crippen LogP contribution is -2.38. The van der Waals surface area contributed by atoms with Crippen molar-refractivity contribution in [1.82, 2.24) is 35.1 Å². The Hall–Kier alpha value is -3.03. The number of hydrogen-bond donors (Lipinski definition) is 1. The van der Waals surface area contributed by atoms with Crippen LogP contribution in [-0.4, -0.2) is 53.6 Å². The fraction of sp³-hybridized carbons (Fsp3) is 0.312. The number of benzene rings is 1. The summed E-state index contributed by atoms with van der Waals surface area (Å²) >= 11 is 0. The first-order chi connectivity index (χ1) is 11.8. The summed E-state index contributed by atoms with van der Waals surface area (Å²) in [5.74, 6) is 0.751. The number of H-pyrrole nitrogens is 1. The molecule has 1 fully saturated rings. The molecule has 2 aromatic heterocycles. The van der Waals surface area contributed by atoms with Crippen LogP contribution in [0.5, 0.6) is 0 Å². The second kappa shape index (κ2) is 6.23. The molecule has 1 amide bonds. The number of nitrogens with one attached hydrogen (secondary N) is 1. The van der Waals surface area contributed by atoms with E-state index >= 15 is 0 Å². The van der Waals surface area contributed by atoms with Gasteiger partial charge >= 0.3 is 0 Å². The van der Waals surface area contributed by atoms with Gasteiger partial charge in [0.2, 0.25) is 0 Å². The van der Waals surface area contributed by atoms with Crippen LogP contribution in [0.2, 0.25) is 0 Å². The molecule has 1 N–H and O–H groups in total. The number of amides is 1. The lowest BCUT2D eigenvalue weighted by atomic mass is 10.1. The maximum atomic E-state index is 12.8. The van der Waals surface area contributed by atoms with Gasteiger partial charge in [0.1, 0.15) is 6.33 Å². The molecule has 1 aliphatic heterocycles. The first-order valence-electron chi connectivity index (χ1n) is 7.92. The Kier molecular flexibility index (Phi) is 3.78. The summed E-state index contributed by atoms with van der Waals surface area (Å²) in [7, 11) is 0. The van der Waals surface area contributed by atoms with Gasteiger partial charge in [-0.25, -0.2) is 4.98 Å². The molecule has 3 heterocycles. The van der Waals surface area contributed by atoms with Gasteiger partial charge in [0.15, 0.2) is 5.82 Å². The van der Waals surface area contributed by atoms with Crippen LogP contribution < -0.4 is 0 Å². The van der Waals surface area contributed by atoms with Gasteiger partial charge in [0.05, 0.1) is 18.8 Å².